The molecule has 2 rings (SSSR count). The van der Waals surface area contributed by atoms with Gasteiger partial charge in [-0.3, -0.25) is 4.79 Å². The molecule has 1 aromatic rings. The summed E-state index contributed by atoms with van der Waals surface area (Å²) in [6.45, 7) is 7.45. The van der Waals surface area contributed by atoms with Crippen LogP contribution >= 0.6 is 24.0 Å². The van der Waals surface area contributed by atoms with Crippen LogP contribution in [0.4, 0.5) is 0 Å². The molecular formula is C21H35IN4O3. The van der Waals surface area contributed by atoms with Gasteiger partial charge >= 0.3 is 0 Å². The minimum absolute atomic E-state index is 0. The third-order valence-electron chi connectivity index (χ3n) is 4.74. The molecule has 1 saturated heterocycles. The highest BCUT2D eigenvalue weighted by atomic mass is 127. The molecule has 2 unspecified atom stereocenters. The number of aliphatic imine (C=N–C) groups is 1. The van der Waals surface area contributed by atoms with Crippen LogP contribution in [0.15, 0.2) is 29.3 Å². The second-order valence-corrected chi connectivity index (χ2v) is 7.02. The first-order chi connectivity index (χ1) is 13.6. The number of benzene rings is 1. The average Bonchev–Trinajstić information content (AvgIpc) is 2.71. The lowest BCUT2D eigenvalue weighted by Gasteiger charge is -2.32. The topological polar surface area (TPSA) is 84.0 Å². The van der Waals surface area contributed by atoms with Gasteiger partial charge in [0.25, 0.3) is 0 Å². The number of hydrogen-bond donors (Lipinski definition) is 3. The first-order valence-corrected chi connectivity index (χ1v) is 10.1. The predicted octanol–water partition coefficient (Wildman–Crippen LogP) is 2.40. The van der Waals surface area contributed by atoms with E-state index < -0.39 is 0 Å². The molecule has 0 saturated carbocycles. The van der Waals surface area contributed by atoms with E-state index in [2.05, 4.69) is 52.1 Å². The van der Waals surface area contributed by atoms with Gasteiger partial charge < -0.3 is 25.4 Å². The van der Waals surface area contributed by atoms with Crippen molar-refractivity contribution in [1.82, 2.24) is 16.0 Å². The van der Waals surface area contributed by atoms with Gasteiger partial charge in [-0.15, -0.1) is 24.0 Å². The van der Waals surface area contributed by atoms with Gasteiger partial charge in [0.15, 0.2) is 5.96 Å². The Morgan fingerprint density at radius 3 is 2.69 bits per heavy atom. The molecule has 0 radical (unpaired) electrons. The Kier molecular flexibility index (Phi) is 12.9. The molecule has 2 atom stereocenters. The van der Waals surface area contributed by atoms with Crippen LogP contribution in [-0.2, 0) is 14.3 Å². The van der Waals surface area contributed by atoms with Crippen molar-refractivity contribution in [2.24, 2.45) is 10.9 Å². The monoisotopic (exact) mass is 518 g/mol. The van der Waals surface area contributed by atoms with Gasteiger partial charge in [0.2, 0.25) is 5.91 Å². The molecule has 164 valence electrons. The number of hydrogen-bond acceptors (Lipinski definition) is 4. The van der Waals surface area contributed by atoms with Crippen molar-refractivity contribution >= 4 is 35.8 Å². The number of halogens is 1. The van der Waals surface area contributed by atoms with Crippen molar-refractivity contribution < 1.29 is 14.3 Å². The fourth-order valence-electron chi connectivity index (χ4n) is 3.25. The van der Waals surface area contributed by atoms with Crippen LogP contribution in [0.25, 0.3) is 0 Å². The highest BCUT2D eigenvalue weighted by molar-refractivity contribution is 14.0. The molecule has 1 aliphatic rings. The number of carbonyl (C=O) groups excluding carboxylic acids is 1. The molecule has 1 fully saturated rings. The highest BCUT2D eigenvalue weighted by Crippen LogP contribution is 2.33. The minimum Gasteiger partial charge on any atom is -0.383 e. The summed E-state index contributed by atoms with van der Waals surface area (Å²) in [5, 5.41) is 9.35. The second-order valence-electron chi connectivity index (χ2n) is 7.02. The van der Waals surface area contributed by atoms with Crippen LogP contribution in [0.5, 0.6) is 0 Å². The third kappa shape index (κ3) is 9.31. The van der Waals surface area contributed by atoms with E-state index in [9.17, 15) is 4.79 Å². The predicted molar refractivity (Wildman–Crippen MR) is 127 cm³/mol. The van der Waals surface area contributed by atoms with Crippen molar-refractivity contribution in [3.8, 4) is 0 Å². The lowest BCUT2D eigenvalue weighted by molar-refractivity contribution is -0.119. The standard InChI is InChI=1S/C21H34N4O3.HI/c1-4-22-21(25-15-19(26)23-11-13-27-3)24-14-18-6-5-12-28-20(18)17-9-7-16(2)8-10-17;/h7-10,18,20H,4-6,11-15H2,1-3H3,(H,23,26)(H2,22,24,25);1H. The van der Waals surface area contributed by atoms with Gasteiger partial charge in [0.1, 0.15) is 6.54 Å². The zero-order valence-corrected chi connectivity index (χ0v) is 20.0. The fraction of sp³-hybridized carbons (Fsp3) is 0.619. The maximum absolute atomic E-state index is 11.8. The number of amides is 1. The third-order valence-corrected chi connectivity index (χ3v) is 4.74. The summed E-state index contributed by atoms with van der Waals surface area (Å²) < 4.78 is 11.0. The minimum atomic E-state index is -0.118. The molecule has 8 heteroatoms. The fourth-order valence-corrected chi connectivity index (χ4v) is 3.25. The van der Waals surface area contributed by atoms with Gasteiger partial charge in [0, 0.05) is 39.3 Å². The Bertz CT molecular complexity index is 625. The number of ether oxygens (including phenoxy) is 2. The summed E-state index contributed by atoms with van der Waals surface area (Å²) in [5.74, 6) is 0.890. The summed E-state index contributed by atoms with van der Waals surface area (Å²) in [6, 6.07) is 8.57. The largest absolute Gasteiger partial charge is 0.383 e. The van der Waals surface area contributed by atoms with Gasteiger partial charge in [-0.2, -0.15) is 0 Å². The van der Waals surface area contributed by atoms with E-state index >= 15 is 0 Å². The Morgan fingerprint density at radius 2 is 2.00 bits per heavy atom. The highest BCUT2D eigenvalue weighted by Gasteiger charge is 2.27. The maximum atomic E-state index is 11.8. The SMILES string of the molecule is CCNC(=NCC(=O)NCCOC)NCC1CCCOC1c1ccc(C)cc1.I. The zero-order chi connectivity index (χ0) is 20.2. The molecule has 1 heterocycles. The first-order valence-electron chi connectivity index (χ1n) is 10.1. The van der Waals surface area contributed by atoms with Crippen LogP contribution in [0.2, 0.25) is 0 Å². The Hall–Kier alpha value is -1.39. The molecule has 0 aliphatic carbocycles. The molecule has 1 aromatic carbocycles. The smallest absolute Gasteiger partial charge is 0.241 e. The Labute approximate surface area is 191 Å². The maximum Gasteiger partial charge on any atom is 0.241 e. The van der Waals surface area contributed by atoms with Crippen LogP contribution in [0.1, 0.15) is 37.0 Å². The first kappa shape index (κ1) is 25.6. The molecule has 3 N–H and O–H groups in total. The summed E-state index contributed by atoms with van der Waals surface area (Å²) in [5.41, 5.74) is 2.47. The van der Waals surface area contributed by atoms with Crippen molar-refractivity contribution in [2.45, 2.75) is 32.8 Å². The number of carbonyl (C=O) groups is 1. The average molecular weight is 518 g/mol. The van der Waals surface area contributed by atoms with E-state index in [1.54, 1.807) is 7.11 Å². The van der Waals surface area contributed by atoms with Gasteiger partial charge in [-0.1, -0.05) is 29.8 Å². The molecule has 1 aliphatic heterocycles. The van der Waals surface area contributed by atoms with Crippen molar-refractivity contribution in [3.63, 3.8) is 0 Å². The molecule has 29 heavy (non-hydrogen) atoms. The van der Waals surface area contributed by atoms with Crippen molar-refractivity contribution in [1.29, 1.82) is 0 Å². The quantitative estimate of drug-likeness (QED) is 0.203. The van der Waals surface area contributed by atoms with E-state index in [4.69, 9.17) is 9.47 Å². The molecule has 0 aromatic heterocycles. The van der Waals surface area contributed by atoms with Crippen LogP contribution in [0.3, 0.4) is 0 Å². The van der Waals surface area contributed by atoms with Gasteiger partial charge in [-0.05, 0) is 32.3 Å². The normalized spacial score (nSPS) is 19.2. The van der Waals surface area contributed by atoms with Crippen LogP contribution in [0, 0.1) is 12.8 Å². The zero-order valence-electron chi connectivity index (χ0n) is 17.7. The lowest BCUT2D eigenvalue weighted by Crippen LogP contribution is -2.42. The van der Waals surface area contributed by atoms with Crippen molar-refractivity contribution in [2.75, 3.05) is 46.5 Å². The molecular weight excluding hydrogens is 483 g/mol. The van der Waals surface area contributed by atoms with Gasteiger partial charge in [-0.25, -0.2) is 4.99 Å². The summed E-state index contributed by atoms with van der Waals surface area (Å²) >= 11 is 0. The summed E-state index contributed by atoms with van der Waals surface area (Å²) in [7, 11) is 1.61. The van der Waals surface area contributed by atoms with E-state index in [-0.39, 0.29) is 42.5 Å². The van der Waals surface area contributed by atoms with E-state index in [1.807, 2.05) is 6.92 Å². The van der Waals surface area contributed by atoms with E-state index in [0.29, 0.717) is 25.0 Å². The van der Waals surface area contributed by atoms with Crippen LogP contribution < -0.4 is 16.0 Å². The van der Waals surface area contributed by atoms with Crippen LogP contribution in [-0.4, -0.2) is 58.4 Å². The Balaban J connectivity index is 0.00000420. The molecule has 7 nitrogen and oxygen atoms in total. The molecule has 1 amide bonds. The summed E-state index contributed by atoms with van der Waals surface area (Å²) in [4.78, 5) is 16.2. The summed E-state index contributed by atoms with van der Waals surface area (Å²) in [6.07, 6.45) is 2.24. The number of aryl methyl sites for hydroxylation is 1. The number of nitrogens with zero attached hydrogens (tertiary/aromatic N) is 1. The number of methoxy groups -OCH3 is 1. The number of guanidine groups is 1. The number of nitrogens with one attached hydrogen (secondary N) is 3. The molecule has 0 spiro atoms. The van der Waals surface area contributed by atoms with E-state index in [1.165, 1.54) is 11.1 Å². The van der Waals surface area contributed by atoms with Gasteiger partial charge in [0.05, 0.1) is 12.7 Å². The van der Waals surface area contributed by atoms with Crippen molar-refractivity contribution in [3.05, 3.63) is 35.4 Å². The second kappa shape index (κ2) is 14.6. The molecule has 0 bridgehead atoms. The number of rotatable bonds is 9. The Morgan fingerprint density at radius 1 is 1.24 bits per heavy atom. The lowest BCUT2D eigenvalue weighted by atomic mass is 9.89. The van der Waals surface area contributed by atoms with E-state index in [0.717, 1.165) is 32.5 Å².